The van der Waals surface area contributed by atoms with E-state index in [4.69, 9.17) is 5.73 Å². The Labute approximate surface area is 134 Å². The molecule has 0 saturated carbocycles. The van der Waals surface area contributed by atoms with Crippen LogP contribution in [-0.2, 0) is 10.1 Å². The number of hydrogen-bond donors (Lipinski definition) is 2. The zero-order chi connectivity index (χ0) is 13.2. The second-order valence-corrected chi connectivity index (χ2v) is 5.18. The van der Waals surface area contributed by atoms with Crippen molar-refractivity contribution in [1.82, 2.24) is 0 Å². The molecule has 3 N–H and O–H groups in total. The van der Waals surface area contributed by atoms with E-state index < -0.39 is 10.1 Å². The van der Waals surface area contributed by atoms with Crippen LogP contribution in [0.25, 0.3) is 10.8 Å². The summed E-state index contributed by atoms with van der Waals surface area (Å²) in [5.41, 5.74) is 6.01. The zero-order valence-corrected chi connectivity index (χ0v) is 13.4. The van der Waals surface area contributed by atoms with Crippen LogP contribution in [-0.4, -0.2) is 26.1 Å². The van der Waals surface area contributed by atoms with Crippen molar-refractivity contribution in [2.75, 3.05) is 18.4 Å². The van der Waals surface area contributed by atoms with E-state index in [1.807, 2.05) is 0 Å². The zero-order valence-electron chi connectivity index (χ0n) is 10.6. The number of rotatable bonds is 4. The normalized spacial score (nSPS) is 11.1. The first-order valence-corrected chi connectivity index (χ1v) is 6.86. The Balaban J connectivity index is 0.00000180. The van der Waals surface area contributed by atoms with Crippen LogP contribution in [0.5, 0.6) is 0 Å². The minimum atomic E-state index is -4.50. The molecular formula is C12H13N2NaO3S. The van der Waals surface area contributed by atoms with Crippen LogP contribution in [0, 0.1) is 0 Å². The molecule has 7 heteroatoms. The first kappa shape index (κ1) is 16.4. The van der Waals surface area contributed by atoms with Gasteiger partial charge in [-0.1, -0.05) is 24.3 Å². The van der Waals surface area contributed by atoms with Crippen LogP contribution in [0.4, 0.5) is 5.69 Å². The third kappa shape index (κ3) is 3.68. The van der Waals surface area contributed by atoms with Crippen molar-refractivity contribution >= 4 is 26.6 Å². The van der Waals surface area contributed by atoms with Crippen LogP contribution < -0.4 is 40.6 Å². The summed E-state index contributed by atoms with van der Waals surface area (Å²) in [5.74, 6) is 0. The average Bonchev–Trinajstić information content (AvgIpc) is 2.34. The van der Waals surface area contributed by atoms with Crippen molar-refractivity contribution in [1.29, 1.82) is 0 Å². The molecule has 5 nitrogen and oxygen atoms in total. The Morgan fingerprint density at radius 1 is 1.16 bits per heavy atom. The van der Waals surface area contributed by atoms with Crippen molar-refractivity contribution in [2.45, 2.75) is 4.90 Å². The van der Waals surface area contributed by atoms with E-state index in [9.17, 15) is 13.0 Å². The minimum Gasteiger partial charge on any atom is -0.744 e. The summed E-state index contributed by atoms with van der Waals surface area (Å²) >= 11 is 0. The number of anilines is 1. The van der Waals surface area contributed by atoms with Crippen molar-refractivity contribution in [3.05, 3.63) is 36.4 Å². The molecule has 19 heavy (non-hydrogen) atoms. The second kappa shape index (κ2) is 6.69. The molecule has 0 aliphatic carbocycles. The standard InChI is InChI=1S/C12H14N2O3S.Na/c13-7-8-14-10-5-1-3-9-4-2-6-11(12(9)10)18(15,16)17;/h1-6,14H,7-8,13H2,(H,15,16,17);/q;+1/p-1. The van der Waals surface area contributed by atoms with Gasteiger partial charge in [-0.25, -0.2) is 8.42 Å². The summed E-state index contributed by atoms with van der Waals surface area (Å²) in [4.78, 5) is -0.208. The Bertz CT molecular complexity index is 668. The molecule has 0 heterocycles. The molecule has 0 aliphatic heterocycles. The van der Waals surface area contributed by atoms with Gasteiger partial charge >= 0.3 is 29.6 Å². The van der Waals surface area contributed by atoms with Gasteiger partial charge in [0.05, 0.1) is 4.90 Å². The Morgan fingerprint density at radius 2 is 1.79 bits per heavy atom. The smallest absolute Gasteiger partial charge is 0.744 e. The molecule has 2 rings (SSSR count). The van der Waals surface area contributed by atoms with E-state index in [2.05, 4.69) is 5.32 Å². The molecule has 0 spiro atoms. The molecular weight excluding hydrogens is 275 g/mol. The Morgan fingerprint density at radius 3 is 2.37 bits per heavy atom. The van der Waals surface area contributed by atoms with Gasteiger partial charge in [-0.15, -0.1) is 0 Å². The summed E-state index contributed by atoms with van der Waals surface area (Å²) in [6.45, 7) is 0.926. The number of nitrogens with two attached hydrogens (primary N) is 1. The predicted molar refractivity (Wildman–Crippen MR) is 69.5 cm³/mol. The van der Waals surface area contributed by atoms with Gasteiger partial charge in [0.2, 0.25) is 0 Å². The van der Waals surface area contributed by atoms with Crippen LogP contribution >= 0.6 is 0 Å². The molecule has 0 bridgehead atoms. The van der Waals surface area contributed by atoms with E-state index in [1.165, 1.54) is 6.07 Å². The van der Waals surface area contributed by atoms with Crippen LogP contribution in [0.2, 0.25) is 0 Å². The van der Waals surface area contributed by atoms with Gasteiger partial charge in [0.1, 0.15) is 10.1 Å². The van der Waals surface area contributed by atoms with Crippen molar-refractivity contribution < 1.29 is 42.5 Å². The van der Waals surface area contributed by atoms with Crippen LogP contribution in [0.1, 0.15) is 0 Å². The fourth-order valence-corrected chi connectivity index (χ4v) is 2.59. The van der Waals surface area contributed by atoms with E-state index in [0.29, 0.717) is 29.5 Å². The molecule has 0 unspecified atom stereocenters. The quantitative estimate of drug-likeness (QED) is 0.507. The topological polar surface area (TPSA) is 95.2 Å². The van der Waals surface area contributed by atoms with Gasteiger partial charge in [0.15, 0.2) is 0 Å². The average molecular weight is 288 g/mol. The molecule has 96 valence electrons. The van der Waals surface area contributed by atoms with Crippen molar-refractivity contribution in [2.24, 2.45) is 5.73 Å². The maximum Gasteiger partial charge on any atom is 1.00 e. The summed E-state index contributed by atoms with van der Waals surface area (Å²) in [6, 6.07) is 9.92. The summed E-state index contributed by atoms with van der Waals surface area (Å²) in [6.07, 6.45) is 0. The molecule has 0 aliphatic rings. The molecule has 0 amide bonds. The molecule has 0 atom stereocenters. The number of fused-ring (bicyclic) bond motifs is 1. The molecule has 2 aromatic carbocycles. The van der Waals surface area contributed by atoms with Crippen LogP contribution in [0.15, 0.2) is 41.3 Å². The fourth-order valence-electron chi connectivity index (χ4n) is 1.87. The van der Waals surface area contributed by atoms with Gasteiger partial charge < -0.3 is 15.6 Å². The maximum atomic E-state index is 11.3. The SMILES string of the molecule is NCCNc1cccc2cccc(S(=O)(=O)[O-])c12.[Na+]. The molecule has 0 saturated heterocycles. The summed E-state index contributed by atoms with van der Waals surface area (Å²) in [5, 5.41) is 4.14. The summed E-state index contributed by atoms with van der Waals surface area (Å²) < 4.78 is 33.8. The third-order valence-corrected chi connectivity index (χ3v) is 3.47. The third-order valence-electron chi connectivity index (χ3n) is 2.60. The number of nitrogens with one attached hydrogen (secondary N) is 1. The van der Waals surface area contributed by atoms with E-state index >= 15 is 0 Å². The Kier molecular flexibility index (Phi) is 5.79. The number of benzene rings is 2. The number of hydrogen-bond acceptors (Lipinski definition) is 5. The van der Waals surface area contributed by atoms with E-state index in [1.54, 1.807) is 30.3 Å². The largest absolute Gasteiger partial charge is 1.00 e. The van der Waals surface area contributed by atoms with Crippen molar-refractivity contribution in [3.8, 4) is 0 Å². The van der Waals surface area contributed by atoms with E-state index in [-0.39, 0.29) is 34.5 Å². The first-order valence-electron chi connectivity index (χ1n) is 5.45. The van der Waals surface area contributed by atoms with Gasteiger partial charge in [-0.05, 0) is 17.5 Å². The van der Waals surface area contributed by atoms with Gasteiger partial charge in [0, 0.05) is 24.2 Å². The minimum absolute atomic E-state index is 0. The fraction of sp³-hybridized carbons (Fsp3) is 0.167. The van der Waals surface area contributed by atoms with Gasteiger partial charge in [-0.2, -0.15) is 0 Å². The van der Waals surface area contributed by atoms with Crippen molar-refractivity contribution in [3.63, 3.8) is 0 Å². The van der Waals surface area contributed by atoms with Gasteiger partial charge in [0.25, 0.3) is 0 Å². The van der Waals surface area contributed by atoms with Crippen LogP contribution in [0.3, 0.4) is 0 Å². The van der Waals surface area contributed by atoms with E-state index in [0.717, 1.165) is 0 Å². The molecule has 2 aromatic rings. The van der Waals surface area contributed by atoms with Gasteiger partial charge in [-0.3, -0.25) is 0 Å². The summed E-state index contributed by atoms with van der Waals surface area (Å²) in [7, 11) is -4.50. The molecule has 0 aromatic heterocycles. The predicted octanol–water partition coefficient (Wildman–Crippen LogP) is -1.88. The maximum absolute atomic E-state index is 11.3. The monoisotopic (exact) mass is 288 g/mol. The molecule has 0 fully saturated rings. The first-order chi connectivity index (χ1) is 8.54. The Hall–Kier alpha value is -0.630. The molecule has 0 radical (unpaired) electrons. The second-order valence-electron chi connectivity index (χ2n) is 3.83.